The van der Waals surface area contributed by atoms with Crippen molar-refractivity contribution in [2.75, 3.05) is 13.1 Å². The first kappa shape index (κ1) is 21.1. The van der Waals surface area contributed by atoms with Gasteiger partial charge in [0.25, 0.3) is 5.91 Å². The molecule has 3 rings (SSSR count). The summed E-state index contributed by atoms with van der Waals surface area (Å²) < 4.78 is 24.0. The molecule has 0 fully saturated rings. The Balaban J connectivity index is 1.79. The highest BCUT2D eigenvalue weighted by Crippen LogP contribution is 2.15. The molecule has 2 heterocycles. The smallest absolute Gasteiger partial charge is 0.290 e. The zero-order valence-electron chi connectivity index (χ0n) is 16.7. The number of hydrogen-bond donors (Lipinski definition) is 0. The average molecular weight is 410 g/mol. The number of aryl methyl sites for hydroxylation is 1. The zero-order chi connectivity index (χ0) is 21.5. The van der Waals surface area contributed by atoms with E-state index in [1.54, 1.807) is 41.3 Å². The van der Waals surface area contributed by atoms with Crippen molar-refractivity contribution >= 4 is 11.8 Å². The Kier molecular flexibility index (Phi) is 6.85. The standard InChI is InChI=1S/C23H23FN2O4/c1-3-12-25(23(28)21-5-4-13-29-21)16-22(27)26(15-20-11-6-17(2)30-20)14-18-7-9-19(24)10-8-18/h3-11,13H,1,12,14-16H2,2H3. The molecule has 2 aromatic heterocycles. The molecule has 6 nitrogen and oxygen atoms in total. The summed E-state index contributed by atoms with van der Waals surface area (Å²) in [4.78, 5) is 28.7. The van der Waals surface area contributed by atoms with E-state index in [4.69, 9.17) is 8.83 Å². The fourth-order valence-electron chi connectivity index (χ4n) is 3.00. The first-order valence-corrected chi connectivity index (χ1v) is 9.47. The number of carbonyl (C=O) groups excluding carboxylic acids is 2. The van der Waals surface area contributed by atoms with Crippen molar-refractivity contribution in [3.05, 3.63) is 96.1 Å². The minimum atomic E-state index is -0.399. The van der Waals surface area contributed by atoms with Crippen LogP contribution in [0.3, 0.4) is 0 Å². The normalized spacial score (nSPS) is 10.6. The minimum Gasteiger partial charge on any atom is -0.464 e. The highest BCUT2D eigenvalue weighted by molar-refractivity contribution is 5.94. The highest BCUT2D eigenvalue weighted by Gasteiger charge is 2.24. The molecule has 2 amide bonds. The van der Waals surface area contributed by atoms with E-state index in [0.717, 1.165) is 11.3 Å². The van der Waals surface area contributed by atoms with Gasteiger partial charge in [-0.1, -0.05) is 18.2 Å². The van der Waals surface area contributed by atoms with Crippen molar-refractivity contribution in [1.82, 2.24) is 9.80 Å². The van der Waals surface area contributed by atoms with E-state index in [-0.39, 0.29) is 43.7 Å². The lowest BCUT2D eigenvalue weighted by molar-refractivity contribution is -0.133. The second-order valence-corrected chi connectivity index (χ2v) is 6.84. The van der Waals surface area contributed by atoms with Crippen LogP contribution in [0.15, 0.2) is 76.3 Å². The summed E-state index contributed by atoms with van der Waals surface area (Å²) in [7, 11) is 0. The van der Waals surface area contributed by atoms with Crippen LogP contribution in [0.1, 0.15) is 27.6 Å². The summed E-state index contributed by atoms with van der Waals surface area (Å²) in [5.41, 5.74) is 0.764. The Morgan fingerprint density at radius 3 is 2.43 bits per heavy atom. The van der Waals surface area contributed by atoms with E-state index in [0.29, 0.717) is 5.76 Å². The SMILES string of the molecule is C=CCN(CC(=O)N(Cc1ccc(F)cc1)Cc1ccc(C)o1)C(=O)c1ccco1. The van der Waals surface area contributed by atoms with Gasteiger partial charge >= 0.3 is 0 Å². The van der Waals surface area contributed by atoms with Crippen molar-refractivity contribution in [3.63, 3.8) is 0 Å². The van der Waals surface area contributed by atoms with Gasteiger partial charge in [-0.2, -0.15) is 0 Å². The number of rotatable bonds is 9. The predicted octanol–water partition coefficient (Wildman–Crippen LogP) is 4.18. The second kappa shape index (κ2) is 9.73. The number of amides is 2. The van der Waals surface area contributed by atoms with Gasteiger partial charge in [0.1, 0.15) is 23.9 Å². The van der Waals surface area contributed by atoms with Crippen molar-refractivity contribution in [2.24, 2.45) is 0 Å². The largest absolute Gasteiger partial charge is 0.464 e. The lowest BCUT2D eigenvalue weighted by Gasteiger charge is -2.26. The fourth-order valence-corrected chi connectivity index (χ4v) is 3.00. The first-order valence-electron chi connectivity index (χ1n) is 9.47. The Labute approximate surface area is 174 Å². The molecule has 1 aromatic carbocycles. The van der Waals surface area contributed by atoms with Crippen LogP contribution in [0.4, 0.5) is 4.39 Å². The summed E-state index contributed by atoms with van der Waals surface area (Å²) in [5, 5.41) is 0. The van der Waals surface area contributed by atoms with Crippen molar-refractivity contribution < 1.29 is 22.8 Å². The number of hydrogen-bond acceptors (Lipinski definition) is 4. The lowest BCUT2D eigenvalue weighted by Crippen LogP contribution is -2.42. The molecule has 0 aliphatic heterocycles. The fraction of sp³-hybridized carbons (Fsp3) is 0.217. The number of benzene rings is 1. The molecule has 0 N–H and O–H groups in total. The maximum absolute atomic E-state index is 13.3. The molecule has 0 saturated heterocycles. The van der Waals surface area contributed by atoms with Gasteiger partial charge in [0.2, 0.25) is 5.91 Å². The van der Waals surface area contributed by atoms with Gasteiger partial charge in [0.15, 0.2) is 5.76 Å². The third-order valence-corrected chi connectivity index (χ3v) is 4.48. The molecule has 0 saturated carbocycles. The first-order chi connectivity index (χ1) is 14.5. The van der Waals surface area contributed by atoms with Crippen LogP contribution in [0, 0.1) is 12.7 Å². The summed E-state index contributed by atoms with van der Waals surface area (Å²) in [6.07, 6.45) is 2.95. The molecular formula is C23H23FN2O4. The van der Waals surface area contributed by atoms with Gasteiger partial charge in [-0.05, 0) is 48.9 Å². The van der Waals surface area contributed by atoms with Crippen molar-refractivity contribution in [1.29, 1.82) is 0 Å². The monoisotopic (exact) mass is 410 g/mol. The van der Waals surface area contributed by atoms with Crippen LogP contribution in [0.5, 0.6) is 0 Å². The highest BCUT2D eigenvalue weighted by atomic mass is 19.1. The Bertz CT molecular complexity index is 993. The molecular weight excluding hydrogens is 387 g/mol. The van der Waals surface area contributed by atoms with Crippen molar-refractivity contribution in [2.45, 2.75) is 20.0 Å². The van der Waals surface area contributed by atoms with E-state index in [2.05, 4.69) is 6.58 Å². The van der Waals surface area contributed by atoms with E-state index < -0.39 is 5.91 Å². The molecule has 0 unspecified atom stereocenters. The Hall–Kier alpha value is -3.61. The van der Waals surface area contributed by atoms with E-state index >= 15 is 0 Å². The third kappa shape index (κ3) is 5.47. The molecule has 0 radical (unpaired) electrons. The molecule has 0 atom stereocenters. The van der Waals surface area contributed by atoms with E-state index in [9.17, 15) is 14.0 Å². The van der Waals surface area contributed by atoms with Crippen LogP contribution in [0.25, 0.3) is 0 Å². The molecule has 0 aliphatic rings. The lowest BCUT2D eigenvalue weighted by atomic mass is 10.2. The Morgan fingerprint density at radius 1 is 1.07 bits per heavy atom. The molecule has 30 heavy (non-hydrogen) atoms. The van der Waals surface area contributed by atoms with Gasteiger partial charge in [-0.3, -0.25) is 9.59 Å². The third-order valence-electron chi connectivity index (χ3n) is 4.48. The second-order valence-electron chi connectivity index (χ2n) is 6.84. The molecule has 156 valence electrons. The van der Waals surface area contributed by atoms with Crippen LogP contribution in [-0.2, 0) is 17.9 Å². The summed E-state index contributed by atoms with van der Waals surface area (Å²) in [6, 6.07) is 12.7. The average Bonchev–Trinajstić information content (AvgIpc) is 3.40. The van der Waals surface area contributed by atoms with E-state index in [1.165, 1.54) is 23.3 Å². The Morgan fingerprint density at radius 2 is 1.83 bits per heavy atom. The van der Waals surface area contributed by atoms with Crippen molar-refractivity contribution in [3.8, 4) is 0 Å². The van der Waals surface area contributed by atoms with Gasteiger partial charge in [-0.25, -0.2) is 4.39 Å². The maximum Gasteiger partial charge on any atom is 0.290 e. The molecule has 0 bridgehead atoms. The van der Waals surface area contributed by atoms with Crippen LogP contribution in [0.2, 0.25) is 0 Å². The van der Waals surface area contributed by atoms with Gasteiger partial charge in [-0.15, -0.1) is 6.58 Å². The van der Waals surface area contributed by atoms with Crippen LogP contribution in [-0.4, -0.2) is 34.7 Å². The van der Waals surface area contributed by atoms with Gasteiger partial charge in [0.05, 0.1) is 12.8 Å². The van der Waals surface area contributed by atoms with E-state index in [1.807, 2.05) is 13.0 Å². The summed E-state index contributed by atoms with van der Waals surface area (Å²) in [6.45, 7) is 5.98. The summed E-state index contributed by atoms with van der Waals surface area (Å²) >= 11 is 0. The topological polar surface area (TPSA) is 66.9 Å². The number of nitrogens with zero attached hydrogens (tertiary/aromatic N) is 2. The molecule has 0 aliphatic carbocycles. The predicted molar refractivity (Wildman–Crippen MR) is 109 cm³/mol. The quantitative estimate of drug-likeness (QED) is 0.497. The maximum atomic E-state index is 13.3. The minimum absolute atomic E-state index is 0.149. The number of halogens is 1. The summed E-state index contributed by atoms with van der Waals surface area (Å²) in [5.74, 6) is 0.478. The number of furan rings is 2. The molecule has 0 spiro atoms. The van der Waals surface area contributed by atoms with Crippen LogP contribution >= 0.6 is 0 Å². The molecule has 7 heteroatoms. The van der Waals surface area contributed by atoms with Crippen LogP contribution < -0.4 is 0 Å². The number of carbonyl (C=O) groups is 2. The van der Waals surface area contributed by atoms with Gasteiger partial charge < -0.3 is 18.6 Å². The zero-order valence-corrected chi connectivity index (χ0v) is 16.7. The van der Waals surface area contributed by atoms with Gasteiger partial charge in [0, 0.05) is 13.1 Å². The molecule has 3 aromatic rings.